The van der Waals surface area contributed by atoms with Crippen molar-refractivity contribution in [3.05, 3.63) is 48.5 Å². The largest absolute Gasteiger partial charge is 0.484 e. The number of ether oxygens (including phenoxy) is 2. The number of carbonyl (C=O) groups is 1. The fraction of sp³-hybridized carbons (Fsp3) is 0.364. The van der Waals surface area contributed by atoms with Gasteiger partial charge in [0.2, 0.25) is 0 Å². The first-order valence-corrected chi connectivity index (χ1v) is 12.0. The van der Waals surface area contributed by atoms with E-state index in [0.717, 1.165) is 48.2 Å². The van der Waals surface area contributed by atoms with Gasteiger partial charge in [-0.05, 0) is 36.6 Å². The summed E-state index contributed by atoms with van der Waals surface area (Å²) in [5.74, 6) is 0.601. The van der Waals surface area contributed by atoms with Gasteiger partial charge in [-0.1, -0.05) is 29.5 Å². The normalized spacial score (nSPS) is 14.2. The van der Waals surface area contributed by atoms with Gasteiger partial charge in [-0.2, -0.15) is 0 Å². The molecule has 0 spiro atoms. The average molecular weight is 480 g/mol. The molecule has 0 saturated carbocycles. The molecule has 0 radical (unpaired) electrons. The second kappa shape index (κ2) is 11.7. The van der Waals surface area contributed by atoms with Gasteiger partial charge in [0.05, 0.1) is 23.4 Å². The van der Waals surface area contributed by atoms with Crippen LogP contribution in [-0.4, -0.2) is 68.0 Å². The predicted octanol–water partition coefficient (Wildman–Crippen LogP) is 4.18. The monoisotopic (exact) mass is 479 g/mol. The lowest BCUT2D eigenvalue weighted by atomic mass is 10.3. The van der Waals surface area contributed by atoms with Crippen molar-refractivity contribution in [2.75, 3.05) is 57.2 Å². The summed E-state index contributed by atoms with van der Waals surface area (Å²) in [4.78, 5) is 23.1. The fourth-order valence-corrected chi connectivity index (χ4v) is 4.83. The van der Waals surface area contributed by atoms with Crippen molar-refractivity contribution in [3.8, 4) is 5.75 Å². The van der Waals surface area contributed by atoms with E-state index in [1.54, 1.807) is 28.0 Å². The first-order chi connectivity index (χ1) is 14.7. The zero-order chi connectivity index (χ0) is 20.8. The average Bonchev–Trinajstić information content (AvgIpc) is 3.22. The molecule has 166 valence electrons. The van der Waals surface area contributed by atoms with Crippen LogP contribution < -0.4 is 9.64 Å². The van der Waals surface area contributed by atoms with E-state index in [4.69, 9.17) is 14.5 Å². The van der Waals surface area contributed by atoms with Crippen molar-refractivity contribution < 1.29 is 14.3 Å². The summed E-state index contributed by atoms with van der Waals surface area (Å²) in [5.41, 5.74) is 0.918. The van der Waals surface area contributed by atoms with Crippen LogP contribution in [-0.2, 0) is 9.53 Å². The van der Waals surface area contributed by atoms with Gasteiger partial charge in [-0.25, -0.2) is 4.98 Å². The number of hydrogen-bond donors (Lipinski definition) is 0. The van der Waals surface area contributed by atoms with Crippen LogP contribution in [0.3, 0.4) is 0 Å². The molecule has 9 heteroatoms. The van der Waals surface area contributed by atoms with Crippen LogP contribution in [0.25, 0.3) is 10.2 Å². The molecule has 1 aliphatic rings. The Morgan fingerprint density at radius 3 is 2.74 bits per heavy atom. The number of halogens is 1. The number of fused-ring (bicyclic) bond motifs is 1. The zero-order valence-electron chi connectivity index (χ0n) is 17.4. The number of hydrogen-bond acceptors (Lipinski definition) is 7. The van der Waals surface area contributed by atoms with Crippen LogP contribution in [0.4, 0.5) is 5.13 Å². The highest BCUT2D eigenvalue weighted by molar-refractivity contribution is 7.98. The Labute approximate surface area is 196 Å². The fourth-order valence-electron chi connectivity index (χ4n) is 3.27. The number of nitrogens with zero attached hydrogens (tertiary/aromatic N) is 3. The Hall–Kier alpha value is -1.84. The van der Waals surface area contributed by atoms with Gasteiger partial charge in [0.1, 0.15) is 5.75 Å². The SMILES string of the molecule is CSc1ccc2nc(N(CCN3CCOCC3)C(=O)COc3ccccc3)sc2c1.Cl. The number of morpholine rings is 1. The molecule has 3 aromatic rings. The maximum atomic E-state index is 13.1. The highest BCUT2D eigenvalue weighted by Crippen LogP contribution is 2.31. The minimum absolute atomic E-state index is 0. The molecule has 0 atom stereocenters. The van der Waals surface area contributed by atoms with Crippen molar-refractivity contribution in [1.82, 2.24) is 9.88 Å². The van der Waals surface area contributed by atoms with Crippen molar-refractivity contribution in [2.24, 2.45) is 0 Å². The Bertz CT molecular complexity index is 981. The van der Waals surface area contributed by atoms with Gasteiger partial charge in [0.25, 0.3) is 5.91 Å². The molecule has 0 aliphatic carbocycles. The van der Waals surface area contributed by atoms with Crippen LogP contribution in [0.1, 0.15) is 0 Å². The Morgan fingerprint density at radius 2 is 2.00 bits per heavy atom. The predicted molar refractivity (Wildman–Crippen MR) is 130 cm³/mol. The van der Waals surface area contributed by atoms with Crippen LogP contribution in [0, 0.1) is 0 Å². The third-order valence-corrected chi connectivity index (χ3v) is 6.73. The smallest absolute Gasteiger partial charge is 0.266 e. The summed E-state index contributed by atoms with van der Waals surface area (Å²) in [7, 11) is 0. The molecule has 0 N–H and O–H groups in total. The maximum Gasteiger partial charge on any atom is 0.266 e. The van der Waals surface area contributed by atoms with E-state index >= 15 is 0 Å². The number of amides is 1. The zero-order valence-corrected chi connectivity index (χ0v) is 19.8. The van der Waals surface area contributed by atoms with Crippen LogP contribution in [0.5, 0.6) is 5.75 Å². The molecule has 4 rings (SSSR count). The minimum Gasteiger partial charge on any atom is -0.484 e. The summed E-state index contributed by atoms with van der Waals surface area (Å²) in [5, 5.41) is 0.721. The molecule has 31 heavy (non-hydrogen) atoms. The Morgan fingerprint density at radius 1 is 1.23 bits per heavy atom. The molecule has 1 aromatic heterocycles. The number of para-hydroxylation sites is 1. The first-order valence-electron chi connectivity index (χ1n) is 9.96. The van der Waals surface area contributed by atoms with E-state index in [9.17, 15) is 4.79 Å². The van der Waals surface area contributed by atoms with Gasteiger partial charge in [-0.15, -0.1) is 24.2 Å². The molecule has 6 nitrogen and oxygen atoms in total. The molecule has 0 bridgehead atoms. The summed E-state index contributed by atoms with van der Waals surface area (Å²) in [6.07, 6.45) is 2.06. The number of benzene rings is 2. The molecule has 1 aliphatic heterocycles. The summed E-state index contributed by atoms with van der Waals surface area (Å²) in [6, 6.07) is 15.6. The van der Waals surface area contributed by atoms with E-state index in [-0.39, 0.29) is 24.9 Å². The van der Waals surface area contributed by atoms with E-state index in [0.29, 0.717) is 12.3 Å². The second-order valence-electron chi connectivity index (χ2n) is 6.93. The van der Waals surface area contributed by atoms with Crippen LogP contribution in [0.15, 0.2) is 53.4 Å². The van der Waals surface area contributed by atoms with Crippen molar-refractivity contribution in [2.45, 2.75) is 4.90 Å². The second-order valence-corrected chi connectivity index (χ2v) is 8.82. The topological polar surface area (TPSA) is 54.9 Å². The van der Waals surface area contributed by atoms with E-state index in [2.05, 4.69) is 23.3 Å². The number of rotatable bonds is 8. The van der Waals surface area contributed by atoms with Crippen molar-refractivity contribution in [3.63, 3.8) is 0 Å². The Kier molecular flexibility index (Phi) is 8.98. The lowest BCUT2D eigenvalue weighted by Crippen LogP contribution is -2.44. The summed E-state index contributed by atoms with van der Waals surface area (Å²) in [6.45, 7) is 4.60. The van der Waals surface area contributed by atoms with Crippen molar-refractivity contribution >= 4 is 56.8 Å². The van der Waals surface area contributed by atoms with Gasteiger partial charge in [0, 0.05) is 31.1 Å². The minimum atomic E-state index is -0.0868. The number of thioether (sulfide) groups is 1. The van der Waals surface area contributed by atoms with Crippen LogP contribution in [0.2, 0.25) is 0 Å². The third-order valence-electron chi connectivity index (χ3n) is 4.97. The molecule has 2 heterocycles. The number of carbonyl (C=O) groups excluding carboxylic acids is 1. The molecule has 2 aromatic carbocycles. The highest BCUT2D eigenvalue weighted by Gasteiger charge is 2.22. The summed E-state index contributed by atoms with van der Waals surface area (Å²) >= 11 is 3.26. The molecule has 1 amide bonds. The standard InChI is InChI=1S/C22H25N3O3S2.ClH/c1-29-18-7-8-19-20(15-18)30-22(23-19)25(10-9-24-11-13-27-14-12-24)21(26)16-28-17-5-3-2-4-6-17;/h2-8,15H,9-14,16H2,1H3;1H. The van der Waals surface area contributed by atoms with Crippen molar-refractivity contribution in [1.29, 1.82) is 0 Å². The number of aromatic nitrogens is 1. The third kappa shape index (κ3) is 6.33. The van der Waals surface area contributed by atoms with E-state index in [1.165, 1.54) is 4.90 Å². The lowest BCUT2D eigenvalue weighted by molar-refractivity contribution is -0.120. The maximum absolute atomic E-state index is 13.1. The highest BCUT2D eigenvalue weighted by atomic mass is 35.5. The van der Waals surface area contributed by atoms with Gasteiger partial charge < -0.3 is 9.47 Å². The number of anilines is 1. The summed E-state index contributed by atoms with van der Waals surface area (Å²) < 4.78 is 12.2. The van der Waals surface area contributed by atoms with Crippen LogP contribution >= 0.6 is 35.5 Å². The quantitative estimate of drug-likeness (QED) is 0.452. The number of thiazole rings is 1. The van der Waals surface area contributed by atoms with Gasteiger partial charge in [-0.3, -0.25) is 14.6 Å². The molecule has 1 fully saturated rings. The molecular weight excluding hydrogens is 454 g/mol. The Balaban J connectivity index is 0.00000272. The molecular formula is C22H26ClN3O3S2. The lowest BCUT2D eigenvalue weighted by Gasteiger charge is -2.29. The molecule has 1 saturated heterocycles. The first kappa shape index (κ1) is 23.8. The van der Waals surface area contributed by atoms with Gasteiger partial charge in [0.15, 0.2) is 11.7 Å². The van der Waals surface area contributed by atoms with E-state index in [1.807, 2.05) is 36.4 Å². The van der Waals surface area contributed by atoms with E-state index < -0.39 is 0 Å². The van der Waals surface area contributed by atoms with Gasteiger partial charge >= 0.3 is 0 Å². The molecule has 0 unspecified atom stereocenters.